The lowest BCUT2D eigenvalue weighted by Crippen LogP contribution is -2.45. The van der Waals surface area contributed by atoms with E-state index in [0.29, 0.717) is 11.8 Å². The van der Waals surface area contributed by atoms with E-state index in [0.717, 1.165) is 42.6 Å². The van der Waals surface area contributed by atoms with Gasteiger partial charge in [-0.1, -0.05) is 56.3 Å². The van der Waals surface area contributed by atoms with Crippen molar-refractivity contribution in [3.8, 4) is 11.4 Å². The third-order valence-electron chi connectivity index (χ3n) is 5.25. The number of amides is 1. The van der Waals surface area contributed by atoms with Crippen molar-refractivity contribution in [2.75, 3.05) is 13.1 Å². The topological polar surface area (TPSA) is 51.0 Å². The molecule has 5 nitrogen and oxygen atoms in total. The van der Waals surface area contributed by atoms with Gasteiger partial charge in [0, 0.05) is 25.2 Å². The van der Waals surface area contributed by atoms with E-state index in [9.17, 15) is 4.79 Å². The molecule has 2 heterocycles. The van der Waals surface area contributed by atoms with E-state index in [-0.39, 0.29) is 11.2 Å². The van der Waals surface area contributed by atoms with Crippen molar-refractivity contribution < 1.29 is 4.79 Å². The van der Waals surface area contributed by atoms with Gasteiger partial charge in [-0.2, -0.15) is 0 Å². The first-order valence-corrected chi connectivity index (χ1v) is 11.2. The van der Waals surface area contributed by atoms with Crippen molar-refractivity contribution >= 4 is 17.7 Å². The van der Waals surface area contributed by atoms with Gasteiger partial charge in [-0.15, -0.1) is 10.2 Å². The van der Waals surface area contributed by atoms with Crippen LogP contribution in [0.15, 0.2) is 29.4 Å². The van der Waals surface area contributed by atoms with Crippen molar-refractivity contribution in [2.24, 2.45) is 11.8 Å². The number of piperidine rings is 1. The first kappa shape index (κ1) is 20.9. The Kier molecular flexibility index (Phi) is 6.81. The smallest absolute Gasteiger partial charge is 0.235 e. The van der Waals surface area contributed by atoms with E-state index < -0.39 is 0 Å². The zero-order valence-electron chi connectivity index (χ0n) is 17.7. The number of rotatable bonds is 6. The zero-order valence-corrected chi connectivity index (χ0v) is 18.5. The molecule has 28 heavy (non-hydrogen) atoms. The third kappa shape index (κ3) is 4.77. The summed E-state index contributed by atoms with van der Waals surface area (Å²) in [4.78, 5) is 15.1. The van der Waals surface area contributed by atoms with E-state index in [1.54, 1.807) is 0 Å². The highest BCUT2D eigenvalue weighted by atomic mass is 32.2. The number of likely N-dealkylation sites (tertiary alicyclic amines) is 1. The highest BCUT2D eigenvalue weighted by Gasteiger charge is 2.29. The molecule has 3 unspecified atom stereocenters. The zero-order chi connectivity index (χ0) is 20.3. The Labute approximate surface area is 172 Å². The lowest BCUT2D eigenvalue weighted by Gasteiger charge is -2.36. The molecule has 2 aromatic rings. The molecule has 1 aliphatic heterocycles. The fourth-order valence-electron chi connectivity index (χ4n) is 4.11. The van der Waals surface area contributed by atoms with Gasteiger partial charge < -0.3 is 9.47 Å². The third-order valence-corrected chi connectivity index (χ3v) is 6.32. The van der Waals surface area contributed by atoms with Crippen molar-refractivity contribution in [1.82, 2.24) is 19.7 Å². The van der Waals surface area contributed by atoms with Crippen molar-refractivity contribution in [2.45, 2.75) is 64.4 Å². The van der Waals surface area contributed by atoms with Crippen LogP contribution in [0, 0.1) is 18.8 Å². The summed E-state index contributed by atoms with van der Waals surface area (Å²) < 4.78 is 2.16. The lowest BCUT2D eigenvalue weighted by molar-refractivity contribution is -0.132. The SMILES string of the molecule is CCCn1c(SC(C)C(=O)N2CC(C)CC(C)C2)nnc1-c1cccc(C)c1. The van der Waals surface area contributed by atoms with Crippen LogP contribution in [0.2, 0.25) is 0 Å². The van der Waals surface area contributed by atoms with Crippen molar-refractivity contribution in [3.05, 3.63) is 29.8 Å². The van der Waals surface area contributed by atoms with Gasteiger partial charge in [0.05, 0.1) is 5.25 Å². The second kappa shape index (κ2) is 9.12. The Morgan fingerprint density at radius 1 is 1.25 bits per heavy atom. The molecule has 1 fully saturated rings. The minimum absolute atomic E-state index is 0.164. The molecule has 6 heteroatoms. The number of carbonyl (C=O) groups excluding carboxylic acids is 1. The molecule has 1 aliphatic rings. The largest absolute Gasteiger partial charge is 0.341 e. The van der Waals surface area contributed by atoms with Gasteiger partial charge in [-0.3, -0.25) is 4.79 Å². The fraction of sp³-hybridized carbons (Fsp3) is 0.591. The molecule has 1 aromatic carbocycles. The molecule has 3 rings (SSSR count). The molecular formula is C22H32N4OS. The maximum absolute atomic E-state index is 13.0. The van der Waals surface area contributed by atoms with E-state index in [2.05, 4.69) is 60.7 Å². The monoisotopic (exact) mass is 400 g/mol. The Hall–Kier alpha value is -1.82. The lowest BCUT2D eigenvalue weighted by atomic mass is 9.92. The Morgan fingerprint density at radius 2 is 1.96 bits per heavy atom. The molecular weight excluding hydrogens is 368 g/mol. The van der Waals surface area contributed by atoms with Crippen LogP contribution in [0.3, 0.4) is 0 Å². The summed E-state index contributed by atoms with van der Waals surface area (Å²) in [6, 6.07) is 8.34. The predicted octanol–water partition coefficient (Wildman–Crippen LogP) is 4.65. The molecule has 0 spiro atoms. The van der Waals surface area contributed by atoms with Crippen LogP contribution in [0.5, 0.6) is 0 Å². The van der Waals surface area contributed by atoms with Gasteiger partial charge in [0.2, 0.25) is 5.91 Å². The van der Waals surface area contributed by atoms with E-state index in [4.69, 9.17) is 0 Å². The second-order valence-corrected chi connectivity index (χ2v) is 9.58. The van der Waals surface area contributed by atoms with Gasteiger partial charge in [0.1, 0.15) is 0 Å². The maximum atomic E-state index is 13.0. The Morgan fingerprint density at radius 3 is 2.61 bits per heavy atom. The van der Waals surface area contributed by atoms with Crippen LogP contribution in [0.4, 0.5) is 0 Å². The maximum Gasteiger partial charge on any atom is 0.235 e. The average Bonchev–Trinajstić information content (AvgIpc) is 3.03. The number of carbonyl (C=O) groups is 1. The standard InChI is InChI=1S/C22H32N4OS/c1-6-10-26-20(19-9-7-8-15(2)12-19)23-24-22(26)28-18(5)21(27)25-13-16(3)11-17(4)14-25/h7-9,12,16-18H,6,10-11,13-14H2,1-5H3. The van der Waals surface area contributed by atoms with Crippen LogP contribution in [-0.2, 0) is 11.3 Å². The van der Waals surface area contributed by atoms with Gasteiger partial charge in [0.15, 0.2) is 11.0 Å². The Balaban J connectivity index is 1.79. The molecule has 152 valence electrons. The molecule has 1 aromatic heterocycles. The van der Waals surface area contributed by atoms with Crippen LogP contribution in [-0.4, -0.2) is 43.9 Å². The number of hydrogen-bond donors (Lipinski definition) is 0. The van der Waals surface area contributed by atoms with Crippen LogP contribution in [0.25, 0.3) is 11.4 Å². The number of hydrogen-bond acceptors (Lipinski definition) is 4. The number of aryl methyl sites for hydroxylation is 1. The van der Waals surface area contributed by atoms with E-state index in [1.165, 1.54) is 23.7 Å². The van der Waals surface area contributed by atoms with Crippen LogP contribution < -0.4 is 0 Å². The summed E-state index contributed by atoms with van der Waals surface area (Å²) in [5.41, 5.74) is 2.28. The predicted molar refractivity (Wildman–Crippen MR) is 115 cm³/mol. The first-order valence-electron chi connectivity index (χ1n) is 10.3. The van der Waals surface area contributed by atoms with E-state index >= 15 is 0 Å². The number of nitrogens with zero attached hydrogens (tertiary/aromatic N) is 4. The molecule has 1 amide bonds. The van der Waals surface area contributed by atoms with Crippen molar-refractivity contribution in [3.63, 3.8) is 0 Å². The fourth-order valence-corrected chi connectivity index (χ4v) is 5.07. The highest BCUT2D eigenvalue weighted by molar-refractivity contribution is 8.00. The molecule has 0 aliphatic carbocycles. The normalized spacial score (nSPS) is 21.0. The quantitative estimate of drug-likeness (QED) is 0.663. The summed E-state index contributed by atoms with van der Waals surface area (Å²) >= 11 is 1.53. The number of thioether (sulfide) groups is 1. The van der Waals surface area contributed by atoms with Gasteiger partial charge in [-0.05, 0) is 44.6 Å². The summed E-state index contributed by atoms with van der Waals surface area (Å²) in [5.74, 6) is 2.24. The highest BCUT2D eigenvalue weighted by Crippen LogP contribution is 2.30. The van der Waals surface area contributed by atoms with Crippen molar-refractivity contribution in [1.29, 1.82) is 0 Å². The molecule has 0 N–H and O–H groups in total. The number of aromatic nitrogens is 3. The average molecular weight is 401 g/mol. The molecule has 0 radical (unpaired) electrons. The van der Waals surface area contributed by atoms with Gasteiger partial charge in [0.25, 0.3) is 0 Å². The molecule has 1 saturated heterocycles. The van der Waals surface area contributed by atoms with Gasteiger partial charge in [-0.25, -0.2) is 0 Å². The minimum atomic E-state index is -0.164. The van der Waals surface area contributed by atoms with Crippen LogP contribution >= 0.6 is 11.8 Å². The second-order valence-electron chi connectivity index (χ2n) is 8.28. The summed E-state index contributed by atoms with van der Waals surface area (Å²) in [7, 11) is 0. The number of benzene rings is 1. The minimum Gasteiger partial charge on any atom is -0.341 e. The molecule has 0 bridgehead atoms. The van der Waals surface area contributed by atoms with Gasteiger partial charge >= 0.3 is 0 Å². The summed E-state index contributed by atoms with van der Waals surface area (Å²) in [6.07, 6.45) is 2.20. The van der Waals surface area contributed by atoms with Crippen LogP contribution in [0.1, 0.15) is 46.1 Å². The Bertz CT molecular complexity index is 809. The summed E-state index contributed by atoms with van der Waals surface area (Å²) in [6.45, 7) is 13.3. The van der Waals surface area contributed by atoms with E-state index in [1.807, 2.05) is 17.9 Å². The summed E-state index contributed by atoms with van der Waals surface area (Å²) in [5, 5.41) is 9.57. The molecule has 0 saturated carbocycles. The molecule has 3 atom stereocenters. The first-order chi connectivity index (χ1) is 13.4.